The first-order chi connectivity index (χ1) is 8.11. The van der Waals surface area contributed by atoms with Gasteiger partial charge in [0.2, 0.25) is 12.8 Å². The Morgan fingerprint density at radius 3 is 1.00 bits per heavy atom. The standard InChI is InChI=1S/2C3H7NO3.C2H6O/c2*5-1-4(2-6)3-7;1-3-2/h2*1,6-7H,2-3H2;1-2H3. The van der Waals surface area contributed by atoms with Crippen molar-refractivity contribution in [2.24, 2.45) is 0 Å². The molecule has 2 amide bonds. The van der Waals surface area contributed by atoms with Crippen LogP contribution in [0.15, 0.2) is 0 Å². The molecule has 0 saturated carbocycles. The molecule has 104 valence electrons. The van der Waals surface area contributed by atoms with E-state index in [-0.39, 0.29) is 0 Å². The van der Waals surface area contributed by atoms with Crippen LogP contribution in [0.1, 0.15) is 0 Å². The third kappa shape index (κ3) is 20.7. The number of aliphatic hydroxyl groups is 4. The molecule has 0 aliphatic rings. The van der Waals surface area contributed by atoms with Gasteiger partial charge in [0, 0.05) is 14.2 Å². The minimum atomic E-state index is -0.431. The maximum atomic E-state index is 9.57. The highest BCUT2D eigenvalue weighted by Gasteiger charge is 1.90. The van der Waals surface area contributed by atoms with Crippen LogP contribution in [-0.4, -0.2) is 84.2 Å². The number of methoxy groups -OCH3 is 1. The summed E-state index contributed by atoms with van der Waals surface area (Å²) in [6.07, 6.45) is 0.722. The fraction of sp³-hybridized carbons (Fsp3) is 0.750. The van der Waals surface area contributed by atoms with Gasteiger partial charge >= 0.3 is 0 Å². The number of amides is 2. The SMILES string of the molecule is COC.O=CN(CO)CO.O=CN(CO)CO. The smallest absolute Gasteiger partial charge is 0.213 e. The topological polar surface area (TPSA) is 131 Å². The second kappa shape index (κ2) is 20.2. The van der Waals surface area contributed by atoms with Crippen LogP contribution in [0.4, 0.5) is 0 Å². The molecule has 0 bridgehead atoms. The lowest BCUT2D eigenvalue weighted by atomic mass is 10.9. The first-order valence-electron chi connectivity index (χ1n) is 4.33. The zero-order chi connectivity index (χ0) is 14.1. The van der Waals surface area contributed by atoms with Crippen LogP contribution in [0.2, 0.25) is 0 Å². The monoisotopic (exact) mass is 256 g/mol. The van der Waals surface area contributed by atoms with E-state index in [1.165, 1.54) is 0 Å². The van der Waals surface area contributed by atoms with E-state index in [4.69, 9.17) is 20.4 Å². The van der Waals surface area contributed by atoms with Crippen LogP contribution in [0.5, 0.6) is 0 Å². The van der Waals surface area contributed by atoms with Crippen LogP contribution in [0.25, 0.3) is 0 Å². The average Bonchev–Trinajstić information content (AvgIpc) is 2.35. The molecule has 4 N–H and O–H groups in total. The zero-order valence-corrected chi connectivity index (χ0v) is 9.89. The number of carbonyl (C=O) groups is 2. The first-order valence-corrected chi connectivity index (χ1v) is 4.33. The molecule has 9 heteroatoms. The van der Waals surface area contributed by atoms with Crippen molar-refractivity contribution in [2.45, 2.75) is 0 Å². The van der Waals surface area contributed by atoms with Gasteiger partial charge in [-0.15, -0.1) is 0 Å². The minimum absolute atomic E-state index is 0.361. The van der Waals surface area contributed by atoms with E-state index in [1.807, 2.05) is 0 Å². The Hall–Kier alpha value is -1.26. The largest absolute Gasteiger partial charge is 0.388 e. The van der Waals surface area contributed by atoms with E-state index in [0.29, 0.717) is 12.8 Å². The van der Waals surface area contributed by atoms with Gasteiger partial charge in [-0.3, -0.25) is 19.4 Å². The number of hydrogen-bond donors (Lipinski definition) is 4. The molecule has 17 heavy (non-hydrogen) atoms. The highest BCUT2D eigenvalue weighted by atomic mass is 16.4. The van der Waals surface area contributed by atoms with Crippen molar-refractivity contribution in [2.75, 3.05) is 41.1 Å². The van der Waals surface area contributed by atoms with Crippen molar-refractivity contribution < 1.29 is 34.8 Å². The lowest BCUT2D eigenvalue weighted by molar-refractivity contribution is -0.126. The number of hydrogen-bond acceptors (Lipinski definition) is 7. The highest BCUT2D eigenvalue weighted by molar-refractivity contribution is 5.46. The van der Waals surface area contributed by atoms with Crippen LogP contribution < -0.4 is 0 Å². The number of carbonyl (C=O) groups excluding carboxylic acids is 2. The van der Waals surface area contributed by atoms with Gasteiger partial charge < -0.3 is 25.2 Å². The summed E-state index contributed by atoms with van der Waals surface area (Å²) in [5.41, 5.74) is 0. The summed E-state index contributed by atoms with van der Waals surface area (Å²) < 4.78 is 4.25. The Kier molecular flexibility index (Phi) is 25.0. The molecule has 0 rings (SSSR count). The van der Waals surface area contributed by atoms with Crippen molar-refractivity contribution in [1.82, 2.24) is 9.80 Å². The summed E-state index contributed by atoms with van der Waals surface area (Å²) in [4.78, 5) is 20.8. The Morgan fingerprint density at radius 1 is 0.824 bits per heavy atom. The fourth-order valence-electron chi connectivity index (χ4n) is 0.223. The molecule has 0 heterocycles. The third-order valence-electron chi connectivity index (χ3n) is 1.02. The summed E-state index contributed by atoms with van der Waals surface area (Å²) in [6, 6.07) is 0. The summed E-state index contributed by atoms with van der Waals surface area (Å²) in [7, 11) is 3.25. The van der Waals surface area contributed by atoms with E-state index < -0.39 is 26.9 Å². The Labute approximate surface area is 99.4 Å². The van der Waals surface area contributed by atoms with E-state index in [9.17, 15) is 9.59 Å². The maximum absolute atomic E-state index is 9.57. The summed E-state index contributed by atoms with van der Waals surface area (Å²) >= 11 is 0. The predicted molar refractivity (Wildman–Crippen MR) is 57.1 cm³/mol. The average molecular weight is 256 g/mol. The number of rotatable bonds is 6. The molecular formula is C8H20N2O7. The van der Waals surface area contributed by atoms with E-state index >= 15 is 0 Å². The van der Waals surface area contributed by atoms with Gasteiger partial charge in [0.25, 0.3) is 0 Å². The lowest BCUT2D eigenvalue weighted by Crippen LogP contribution is -2.23. The van der Waals surface area contributed by atoms with Crippen molar-refractivity contribution in [3.63, 3.8) is 0 Å². The van der Waals surface area contributed by atoms with Crippen molar-refractivity contribution in [1.29, 1.82) is 0 Å². The van der Waals surface area contributed by atoms with Crippen molar-refractivity contribution in [3.8, 4) is 0 Å². The second-order valence-corrected chi connectivity index (χ2v) is 2.36. The van der Waals surface area contributed by atoms with Crippen LogP contribution in [0, 0.1) is 0 Å². The van der Waals surface area contributed by atoms with Gasteiger partial charge in [-0.25, -0.2) is 0 Å². The number of ether oxygens (including phenoxy) is 1. The predicted octanol–water partition coefficient (Wildman–Crippen LogP) is -3.05. The fourth-order valence-corrected chi connectivity index (χ4v) is 0.223. The second-order valence-electron chi connectivity index (χ2n) is 2.36. The molecule has 0 aromatic rings. The van der Waals surface area contributed by atoms with E-state index in [1.54, 1.807) is 14.2 Å². The van der Waals surface area contributed by atoms with Crippen LogP contribution >= 0.6 is 0 Å². The zero-order valence-electron chi connectivity index (χ0n) is 9.89. The third-order valence-corrected chi connectivity index (χ3v) is 1.02. The first kappa shape index (κ1) is 21.1. The Morgan fingerprint density at radius 2 is 1.00 bits per heavy atom. The van der Waals surface area contributed by atoms with Gasteiger partial charge in [-0.1, -0.05) is 0 Å². The molecule has 0 aliphatic heterocycles. The lowest BCUT2D eigenvalue weighted by Gasteiger charge is -2.06. The molecule has 0 aliphatic carbocycles. The summed E-state index contributed by atoms with van der Waals surface area (Å²) in [5.74, 6) is 0. The molecule has 0 spiro atoms. The Balaban J connectivity index is -0.000000188. The molecular weight excluding hydrogens is 236 g/mol. The van der Waals surface area contributed by atoms with Crippen LogP contribution in [-0.2, 0) is 14.3 Å². The van der Waals surface area contributed by atoms with Gasteiger partial charge in [0.15, 0.2) is 0 Å². The highest BCUT2D eigenvalue weighted by Crippen LogP contribution is 1.71. The molecule has 0 aromatic heterocycles. The van der Waals surface area contributed by atoms with Gasteiger partial charge in [0.1, 0.15) is 26.9 Å². The van der Waals surface area contributed by atoms with E-state index in [0.717, 1.165) is 9.80 Å². The maximum Gasteiger partial charge on any atom is 0.213 e. The minimum Gasteiger partial charge on any atom is -0.388 e. The van der Waals surface area contributed by atoms with Gasteiger partial charge in [0.05, 0.1) is 0 Å². The summed E-state index contributed by atoms with van der Waals surface area (Å²) in [5, 5.41) is 32.2. The normalized spacial score (nSPS) is 7.88. The van der Waals surface area contributed by atoms with Crippen molar-refractivity contribution in [3.05, 3.63) is 0 Å². The quantitative estimate of drug-likeness (QED) is 0.293. The Bertz CT molecular complexity index is 135. The molecule has 0 saturated heterocycles. The molecule has 0 radical (unpaired) electrons. The van der Waals surface area contributed by atoms with Crippen molar-refractivity contribution >= 4 is 12.8 Å². The molecule has 0 fully saturated rings. The number of aliphatic hydroxyl groups excluding tert-OH is 4. The molecule has 0 aromatic carbocycles. The van der Waals surface area contributed by atoms with E-state index in [2.05, 4.69) is 4.74 Å². The summed E-state index contributed by atoms with van der Waals surface area (Å²) in [6.45, 7) is -1.72. The molecule has 0 unspecified atom stereocenters. The van der Waals surface area contributed by atoms with Gasteiger partial charge in [-0.2, -0.15) is 0 Å². The van der Waals surface area contributed by atoms with Gasteiger partial charge in [-0.05, 0) is 0 Å². The molecule has 9 nitrogen and oxygen atoms in total. The molecule has 0 atom stereocenters. The van der Waals surface area contributed by atoms with Crippen LogP contribution in [0.3, 0.4) is 0 Å². The number of nitrogens with zero attached hydrogens (tertiary/aromatic N) is 2.